The molecule has 7 heteroatoms. The summed E-state index contributed by atoms with van der Waals surface area (Å²) >= 11 is 0. The van der Waals surface area contributed by atoms with Crippen LogP contribution < -0.4 is 10.1 Å². The van der Waals surface area contributed by atoms with Gasteiger partial charge in [0.25, 0.3) is 0 Å². The third kappa shape index (κ3) is 3.74. The summed E-state index contributed by atoms with van der Waals surface area (Å²) < 4.78 is 20.1. The Morgan fingerprint density at radius 2 is 1.92 bits per heavy atom. The number of aromatic nitrogens is 3. The van der Waals surface area contributed by atoms with E-state index >= 15 is 0 Å². The van der Waals surface area contributed by atoms with E-state index in [4.69, 9.17) is 14.2 Å². The maximum absolute atomic E-state index is 6.43. The fourth-order valence-electron chi connectivity index (χ4n) is 6.22. The molecule has 2 aromatic carbocycles. The fourth-order valence-corrected chi connectivity index (χ4v) is 6.22. The van der Waals surface area contributed by atoms with Crippen molar-refractivity contribution in [3.05, 3.63) is 83.8 Å². The van der Waals surface area contributed by atoms with Gasteiger partial charge in [0.15, 0.2) is 6.29 Å². The molecule has 3 heterocycles. The Morgan fingerprint density at radius 1 is 1.03 bits per heavy atom. The predicted octanol–water partition coefficient (Wildman–Crippen LogP) is 5.60. The molecule has 4 aromatic rings. The van der Waals surface area contributed by atoms with Crippen molar-refractivity contribution in [3.63, 3.8) is 0 Å². The standard InChI is InChI=1S/C29H30N4O3/c1-34-22-9-6-19(7-10-22)29-35-16-20-14-21(15-26(20)36-29)33-13-12-24-27(30-17-31-28(24)33)32-25-11-8-18-4-2-3-5-23(18)25/h2-7,9-10,12-13,17,20-21,25-26,29H,8,11,14-16H2,1H3,(H,30,31,32)/t20-,21+,25-,26-,29?/m0/s1. The highest BCUT2D eigenvalue weighted by Crippen LogP contribution is 2.44. The summed E-state index contributed by atoms with van der Waals surface area (Å²) in [6.45, 7) is 0.708. The van der Waals surface area contributed by atoms with Crippen molar-refractivity contribution >= 4 is 16.9 Å². The number of nitrogens with zero attached hydrogens (tertiary/aromatic N) is 3. The maximum atomic E-state index is 6.43. The molecule has 5 atom stereocenters. The number of nitrogens with one attached hydrogen (secondary N) is 1. The van der Waals surface area contributed by atoms with Crippen LogP contribution >= 0.6 is 0 Å². The molecule has 1 saturated carbocycles. The normalized spacial score (nSPS) is 27.1. The van der Waals surface area contributed by atoms with E-state index in [2.05, 4.69) is 56.4 Å². The summed E-state index contributed by atoms with van der Waals surface area (Å²) in [5, 5.41) is 4.78. The zero-order chi connectivity index (χ0) is 24.1. The number of rotatable bonds is 5. The van der Waals surface area contributed by atoms with Crippen LogP contribution in [0.5, 0.6) is 5.75 Å². The van der Waals surface area contributed by atoms with Crippen LogP contribution in [-0.2, 0) is 15.9 Å². The fraction of sp³-hybridized carbons (Fsp3) is 0.379. The number of hydrogen-bond acceptors (Lipinski definition) is 6. The summed E-state index contributed by atoms with van der Waals surface area (Å²) in [5.74, 6) is 2.13. The Kier molecular flexibility index (Phi) is 5.40. The lowest BCUT2D eigenvalue weighted by Crippen LogP contribution is -2.32. The molecule has 2 fully saturated rings. The minimum absolute atomic E-state index is 0.169. The lowest BCUT2D eigenvalue weighted by Gasteiger charge is -2.32. The SMILES string of the molecule is COc1ccc(C2OC[C@@H]3C[C@@H](n4ccc5c(N[C@H]6CCc7ccccc76)ncnc54)C[C@@H]3O2)cc1. The average Bonchev–Trinajstić information content (AvgIpc) is 3.65. The maximum Gasteiger partial charge on any atom is 0.184 e. The molecule has 1 saturated heterocycles. The van der Waals surface area contributed by atoms with E-state index in [0.29, 0.717) is 18.6 Å². The summed E-state index contributed by atoms with van der Waals surface area (Å²) in [4.78, 5) is 9.31. The van der Waals surface area contributed by atoms with E-state index in [1.807, 2.05) is 24.3 Å². The summed E-state index contributed by atoms with van der Waals surface area (Å²) in [6.07, 6.45) is 7.85. The largest absolute Gasteiger partial charge is 0.497 e. The zero-order valence-corrected chi connectivity index (χ0v) is 20.3. The monoisotopic (exact) mass is 482 g/mol. The van der Waals surface area contributed by atoms with Gasteiger partial charge in [0.05, 0.1) is 31.2 Å². The first-order chi connectivity index (χ1) is 17.8. The van der Waals surface area contributed by atoms with Crippen molar-refractivity contribution in [2.45, 2.75) is 50.2 Å². The molecule has 2 aliphatic carbocycles. The highest BCUT2D eigenvalue weighted by molar-refractivity contribution is 5.87. The Balaban J connectivity index is 1.09. The van der Waals surface area contributed by atoms with E-state index in [1.165, 1.54) is 11.1 Å². The summed E-state index contributed by atoms with van der Waals surface area (Å²) in [7, 11) is 1.68. The van der Waals surface area contributed by atoms with Crippen molar-refractivity contribution in [3.8, 4) is 5.75 Å². The van der Waals surface area contributed by atoms with Gasteiger partial charge >= 0.3 is 0 Å². The first kappa shape index (κ1) is 21.8. The number of fused-ring (bicyclic) bond motifs is 3. The number of anilines is 1. The quantitative estimate of drug-likeness (QED) is 0.399. The second-order valence-corrected chi connectivity index (χ2v) is 10.1. The molecule has 3 aliphatic rings. The van der Waals surface area contributed by atoms with E-state index in [1.54, 1.807) is 13.4 Å². The Hall–Kier alpha value is -3.42. The zero-order valence-electron chi connectivity index (χ0n) is 20.3. The molecule has 1 unspecified atom stereocenters. The first-order valence-corrected chi connectivity index (χ1v) is 12.8. The molecule has 0 amide bonds. The lowest BCUT2D eigenvalue weighted by atomic mass is 10.1. The van der Waals surface area contributed by atoms with Crippen LogP contribution in [0.15, 0.2) is 67.1 Å². The van der Waals surface area contributed by atoms with Gasteiger partial charge in [-0.3, -0.25) is 0 Å². The molecular weight excluding hydrogens is 452 g/mol. The third-order valence-electron chi connectivity index (χ3n) is 8.10. The summed E-state index contributed by atoms with van der Waals surface area (Å²) in [5.41, 5.74) is 4.82. The molecule has 1 aliphatic heterocycles. The molecule has 184 valence electrons. The first-order valence-electron chi connectivity index (χ1n) is 12.8. The van der Waals surface area contributed by atoms with Crippen LogP contribution in [0.1, 0.15) is 54.3 Å². The van der Waals surface area contributed by atoms with Gasteiger partial charge in [0.2, 0.25) is 0 Å². The molecule has 7 rings (SSSR count). The predicted molar refractivity (Wildman–Crippen MR) is 137 cm³/mol. The Morgan fingerprint density at radius 3 is 2.81 bits per heavy atom. The number of methoxy groups -OCH3 is 1. The van der Waals surface area contributed by atoms with Gasteiger partial charge in [-0.2, -0.15) is 0 Å². The Labute approximate surface area is 210 Å². The molecule has 1 N–H and O–H groups in total. The number of benzene rings is 2. The highest BCUT2D eigenvalue weighted by Gasteiger charge is 2.41. The van der Waals surface area contributed by atoms with Crippen molar-refractivity contribution in [1.82, 2.24) is 14.5 Å². The average molecular weight is 483 g/mol. The number of aryl methyl sites for hydroxylation is 1. The van der Waals surface area contributed by atoms with Gasteiger partial charge in [0.1, 0.15) is 23.5 Å². The smallest absolute Gasteiger partial charge is 0.184 e. The molecular formula is C29H30N4O3. The van der Waals surface area contributed by atoms with Crippen molar-refractivity contribution < 1.29 is 14.2 Å². The number of hydrogen-bond donors (Lipinski definition) is 1. The van der Waals surface area contributed by atoms with Gasteiger partial charge in [-0.05, 0) is 55.0 Å². The third-order valence-corrected chi connectivity index (χ3v) is 8.10. The van der Waals surface area contributed by atoms with Crippen molar-refractivity contribution in [1.29, 1.82) is 0 Å². The van der Waals surface area contributed by atoms with Crippen LogP contribution in [0.2, 0.25) is 0 Å². The van der Waals surface area contributed by atoms with Crippen LogP contribution in [0.25, 0.3) is 11.0 Å². The van der Waals surface area contributed by atoms with E-state index < -0.39 is 0 Å². The van der Waals surface area contributed by atoms with Crippen LogP contribution in [0, 0.1) is 5.92 Å². The van der Waals surface area contributed by atoms with Crippen LogP contribution in [0.4, 0.5) is 5.82 Å². The van der Waals surface area contributed by atoms with Crippen molar-refractivity contribution in [2.24, 2.45) is 5.92 Å². The topological polar surface area (TPSA) is 70.4 Å². The molecule has 7 nitrogen and oxygen atoms in total. The molecule has 36 heavy (non-hydrogen) atoms. The van der Waals surface area contributed by atoms with E-state index in [0.717, 1.165) is 53.8 Å². The van der Waals surface area contributed by atoms with E-state index in [9.17, 15) is 0 Å². The second-order valence-electron chi connectivity index (χ2n) is 10.1. The Bertz CT molecular complexity index is 1390. The van der Waals surface area contributed by atoms with E-state index in [-0.39, 0.29) is 18.4 Å². The van der Waals surface area contributed by atoms with Gasteiger partial charge in [0, 0.05) is 23.7 Å². The molecule has 0 bridgehead atoms. The highest BCUT2D eigenvalue weighted by atomic mass is 16.7. The summed E-state index contributed by atoms with van der Waals surface area (Å²) in [6, 6.07) is 19.4. The van der Waals surface area contributed by atoms with Gasteiger partial charge < -0.3 is 24.1 Å². The van der Waals surface area contributed by atoms with Crippen molar-refractivity contribution in [2.75, 3.05) is 19.0 Å². The lowest BCUT2D eigenvalue weighted by molar-refractivity contribution is -0.233. The molecule has 0 spiro atoms. The molecule has 2 aromatic heterocycles. The van der Waals surface area contributed by atoms with Crippen LogP contribution in [-0.4, -0.2) is 34.4 Å². The minimum Gasteiger partial charge on any atom is -0.497 e. The number of ether oxygens (including phenoxy) is 3. The second kappa shape index (κ2) is 8.91. The van der Waals surface area contributed by atoms with Crippen LogP contribution in [0.3, 0.4) is 0 Å². The molecule has 0 radical (unpaired) electrons. The minimum atomic E-state index is -0.329. The van der Waals surface area contributed by atoms with Gasteiger partial charge in [-0.15, -0.1) is 0 Å². The van der Waals surface area contributed by atoms with Gasteiger partial charge in [-0.25, -0.2) is 9.97 Å². The van der Waals surface area contributed by atoms with Gasteiger partial charge in [-0.1, -0.05) is 36.4 Å².